The topological polar surface area (TPSA) is 86.6 Å². The Bertz CT molecular complexity index is 1460. The highest BCUT2D eigenvalue weighted by Crippen LogP contribution is 2.35. The summed E-state index contributed by atoms with van der Waals surface area (Å²) < 4.78 is 11.7. The largest absolute Gasteiger partial charge is 0.465 e. The number of esters is 2. The Morgan fingerprint density at radius 1 is 0.943 bits per heavy atom. The average molecular weight is 491 g/mol. The molecule has 0 radical (unpaired) electrons. The van der Waals surface area contributed by atoms with Crippen LogP contribution in [0.2, 0.25) is 5.02 Å². The third-order valence-corrected chi connectivity index (χ3v) is 6.01. The molecule has 178 valence electrons. The maximum atomic E-state index is 12.8. The second kappa shape index (κ2) is 10.0. The van der Waals surface area contributed by atoms with Crippen LogP contribution in [-0.2, 0) is 27.7 Å². The van der Waals surface area contributed by atoms with Gasteiger partial charge in [0.25, 0.3) is 0 Å². The van der Waals surface area contributed by atoms with Crippen molar-refractivity contribution in [3.63, 3.8) is 0 Å². The van der Waals surface area contributed by atoms with E-state index in [0.717, 1.165) is 16.5 Å². The third kappa shape index (κ3) is 5.05. The molecule has 0 aliphatic carbocycles. The van der Waals surface area contributed by atoms with Crippen LogP contribution >= 0.6 is 11.6 Å². The number of ether oxygens (including phenoxy) is 2. The van der Waals surface area contributed by atoms with Crippen LogP contribution in [0.15, 0.2) is 66.9 Å². The molecule has 4 aromatic rings. The van der Waals surface area contributed by atoms with Gasteiger partial charge >= 0.3 is 11.9 Å². The summed E-state index contributed by atoms with van der Waals surface area (Å²) in [7, 11) is 4.53. The number of nitrogens with zero attached hydrogens (tertiary/aromatic N) is 1. The van der Waals surface area contributed by atoms with E-state index in [2.05, 4.69) is 5.32 Å². The quantitative estimate of drug-likeness (QED) is 0.373. The van der Waals surface area contributed by atoms with Crippen molar-refractivity contribution in [2.24, 2.45) is 7.05 Å². The van der Waals surface area contributed by atoms with Crippen molar-refractivity contribution in [3.8, 4) is 11.1 Å². The lowest BCUT2D eigenvalue weighted by Crippen LogP contribution is -2.18. The predicted molar refractivity (Wildman–Crippen MR) is 135 cm³/mol. The number of benzene rings is 3. The molecule has 1 heterocycles. The molecule has 3 aromatic carbocycles. The zero-order valence-corrected chi connectivity index (χ0v) is 20.2. The van der Waals surface area contributed by atoms with Crippen LogP contribution in [0.1, 0.15) is 26.3 Å². The van der Waals surface area contributed by atoms with Crippen molar-refractivity contribution in [2.75, 3.05) is 19.5 Å². The van der Waals surface area contributed by atoms with Gasteiger partial charge < -0.3 is 19.4 Å². The van der Waals surface area contributed by atoms with Crippen LogP contribution in [-0.4, -0.2) is 36.6 Å². The van der Waals surface area contributed by atoms with Crippen molar-refractivity contribution >= 4 is 46.0 Å². The smallest absolute Gasteiger partial charge is 0.339 e. The highest BCUT2D eigenvalue weighted by molar-refractivity contribution is 6.34. The van der Waals surface area contributed by atoms with Gasteiger partial charge in [-0.1, -0.05) is 29.8 Å². The highest BCUT2D eigenvalue weighted by atomic mass is 35.5. The minimum atomic E-state index is -0.605. The molecule has 8 heteroatoms. The van der Waals surface area contributed by atoms with Gasteiger partial charge in [0.2, 0.25) is 5.91 Å². The first kappa shape index (κ1) is 24.0. The fourth-order valence-electron chi connectivity index (χ4n) is 3.93. The molecule has 0 spiro atoms. The Labute approximate surface area is 207 Å². The first-order chi connectivity index (χ1) is 16.8. The van der Waals surface area contributed by atoms with Crippen LogP contribution < -0.4 is 5.32 Å². The van der Waals surface area contributed by atoms with E-state index in [0.29, 0.717) is 21.7 Å². The van der Waals surface area contributed by atoms with E-state index in [9.17, 15) is 14.4 Å². The van der Waals surface area contributed by atoms with Crippen molar-refractivity contribution in [2.45, 2.75) is 6.42 Å². The number of rotatable bonds is 6. The molecule has 4 rings (SSSR count). The van der Waals surface area contributed by atoms with E-state index in [-0.39, 0.29) is 23.6 Å². The number of aromatic nitrogens is 1. The van der Waals surface area contributed by atoms with Crippen LogP contribution in [0.5, 0.6) is 0 Å². The van der Waals surface area contributed by atoms with Crippen molar-refractivity contribution < 1.29 is 23.9 Å². The number of aryl methyl sites for hydroxylation is 1. The SMILES string of the molecule is COC(=O)c1cccc(CC(=O)Nc2cc(Cl)c(-c3ccc4c(ccn4C)c3)cc2C(=O)OC)c1. The molecule has 7 nitrogen and oxygen atoms in total. The number of hydrogen-bond donors (Lipinski definition) is 1. The summed E-state index contributed by atoms with van der Waals surface area (Å²) in [6, 6.07) is 17.6. The fraction of sp³-hybridized carbons (Fsp3) is 0.148. The number of carbonyl (C=O) groups excluding carboxylic acids is 3. The number of carbonyl (C=O) groups is 3. The Morgan fingerprint density at radius 3 is 2.46 bits per heavy atom. The molecule has 0 unspecified atom stereocenters. The molecule has 0 bridgehead atoms. The molecule has 0 fully saturated rings. The summed E-state index contributed by atoms with van der Waals surface area (Å²) in [6.07, 6.45) is 1.95. The molecule has 1 N–H and O–H groups in total. The summed E-state index contributed by atoms with van der Waals surface area (Å²) in [6.45, 7) is 0. The second-order valence-electron chi connectivity index (χ2n) is 7.99. The molecule has 35 heavy (non-hydrogen) atoms. The molecular formula is C27H23ClN2O5. The number of anilines is 1. The lowest BCUT2D eigenvalue weighted by atomic mass is 10.00. The minimum Gasteiger partial charge on any atom is -0.465 e. The van der Waals surface area contributed by atoms with Gasteiger partial charge in [0.05, 0.1) is 42.5 Å². The van der Waals surface area contributed by atoms with Crippen LogP contribution in [0, 0.1) is 0 Å². The Morgan fingerprint density at radius 2 is 1.71 bits per heavy atom. The van der Waals surface area contributed by atoms with Gasteiger partial charge in [-0.25, -0.2) is 9.59 Å². The molecule has 0 atom stereocenters. The predicted octanol–water partition coefficient (Wildman–Crippen LogP) is 5.25. The average Bonchev–Trinajstić information content (AvgIpc) is 3.23. The Kier molecular flexibility index (Phi) is 6.89. The molecule has 0 saturated carbocycles. The van der Waals surface area contributed by atoms with Gasteiger partial charge in [0.15, 0.2) is 0 Å². The Hall–Kier alpha value is -4.10. The Balaban J connectivity index is 1.64. The van der Waals surface area contributed by atoms with E-state index in [1.54, 1.807) is 36.4 Å². The number of fused-ring (bicyclic) bond motifs is 1. The number of nitrogens with one attached hydrogen (secondary N) is 1. The van der Waals surface area contributed by atoms with Gasteiger partial charge in [0, 0.05) is 29.7 Å². The monoisotopic (exact) mass is 490 g/mol. The number of halogens is 1. The summed E-state index contributed by atoms with van der Waals surface area (Å²) in [5.74, 6) is -1.48. The lowest BCUT2D eigenvalue weighted by molar-refractivity contribution is -0.115. The van der Waals surface area contributed by atoms with E-state index >= 15 is 0 Å². The van der Waals surface area contributed by atoms with E-state index < -0.39 is 11.9 Å². The number of amides is 1. The summed E-state index contributed by atoms with van der Waals surface area (Å²) in [4.78, 5) is 37.1. The molecular weight excluding hydrogens is 468 g/mol. The standard InChI is InChI=1S/C27H23ClN2O5/c1-30-10-9-18-13-17(7-8-24(18)30)20-14-21(27(33)35-3)23(15-22(20)28)29-25(31)12-16-5-4-6-19(11-16)26(32)34-2/h4-11,13-15H,12H2,1-3H3,(H,29,31). The van der Waals surface area contributed by atoms with Crippen LogP contribution in [0.3, 0.4) is 0 Å². The van der Waals surface area contributed by atoms with Gasteiger partial charge in [0.1, 0.15) is 0 Å². The highest BCUT2D eigenvalue weighted by Gasteiger charge is 2.19. The van der Waals surface area contributed by atoms with Crippen molar-refractivity contribution in [3.05, 3.63) is 88.6 Å². The lowest BCUT2D eigenvalue weighted by Gasteiger charge is -2.14. The van der Waals surface area contributed by atoms with Crippen LogP contribution in [0.4, 0.5) is 5.69 Å². The maximum absolute atomic E-state index is 12.8. The van der Waals surface area contributed by atoms with Crippen molar-refractivity contribution in [1.82, 2.24) is 4.57 Å². The first-order valence-electron chi connectivity index (χ1n) is 10.7. The van der Waals surface area contributed by atoms with Gasteiger partial charge in [-0.15, -0.1) is 0 Å². The number of methoxy groups -OCH3 is 2. The maximum Gasteiger partial charge on any atom is 0.339 e. The van der Waals surface area contributed by atoms with Crippen molar-refractivity contribution in [1.29, 1.82) is 0 Å². The summed E-state index contributed by atoms with van der Waals surface area (Å²) >= 11 is 6.60. The molecule has 1 amide bonds. The van der Waals surface area contributed by atoms with E-state index in [1.165, 1.54) is 14.2 Å². The molecule has 0 saturated heterocycles. The fourth-order valence-corrected chi connectivity index (χ4v) is 4.20. The zero-order valence-electron chi connectivity index (χ0n) is 19.4. The zero-order chi connectivity index (χ0) is 25.1. The summed E-state index contributed by atoms with van der Waals surface area (Å²) in [5.41, 5.74) is 3.91. The van der Waals surface area contributed by atoms with Gasteiger partial charge in [-0.05, 0) is 53.6 Å². The third-order valence-electron chi connectivity index (χ3n) is 5.70. The van der Waals surface area contributed by atoms with Gasteiger partial charge in [-0.2, -0.15) is 0 Å². The van der Waals surface area contributed by atoms with E-state index in [4.69, 9.17) is 21.1 Å². The minimum absolute atomic E-state index is 0.0184. The van der Waals surface area contributed by atoms with Crippen LogP contribution in [0.25, 0.3) is 22.0 Å². The normalized spacial score (nSPS) is 10.7. The first-order valence-corrected chi connectivity index (χ1v) is 11.1. The molecule has 0 aliphatic rings. The second-order valence-corrected chi connectivity index (χ2v) is 8.39. The molecule has 0 aliphatic heterocycles. The number of hydrogen-bond acceptors (Lipinski definition) is 5. The molecule has 1 aromatic heterocycles. The van der Waals surface area contributed by atoms with Gasteiger partial charge in [-0.3, -0.25) is 4.79 Å². The van der Waals surface area contributed by atoms with E-state index in [1.807, 2.05) is 42.1 Å². The summed E-state index contributed by atoms with van der Waals surface area (Å²) in [5, 5.41) is 4.15.